The Kier molecular flexibility index (Phi) is 5.50. The summed E-state index contributed by atoms with van der Waals surface area (Å²) in [5, 5.41) is 7.21. The standard InChI is InChI=1S/C22H25FN6O/c1-2-18(14-6-7-17(14)24)28-22-16(23)11-15(20(25)30)21(29-22)27-13-5-8-19-12(10-13)4-3-9-26-19/h3-5,8-11,14,17-18H,2,6-7,24H2,1H3,(H2,25,30)(H2,27,28,29)/t14?,17?,18-/m1/s1. The zero-order valence-corrected chi connectivity index (χ0v) is 16.7. The predicted molar refractivity (Wildman–Crippen MR) is 116 cm³/mol. The van der Waals surface area contributed by atoms with E-state index in [9.17, 15) is 9.18 Å². The molecule has 3 atom stereocenters. The Bertz CT molecular complexity index is 1090. The molecule has 1 fully saturated rings. The van der Waals surface area contributed by atoms with E-state index in [-0.39, 0.29) is 35.2 Å². The number of nitrogens with two attached hydrogens (primary N) is 2. The highest BCUT2D eigenvalue weighted by Crippen LogP contribution is 2.33. The Morgan fingerprint density at radius 3 is 2.77 bits per heavy atom. The Morgan fingerprint density at radius 2 is 2.10 bits per heavy atom. The number of fused-ring (bicyclic) bond motifs is 1. The summed E-state index contributed by atoms with van der Waals surface area (Å²) in [7, 11) is 0. The second-order valence-corrected chi connectivity index (χ2v) is 7.68. The lowest BCUT2D eigenvalue weighted by Gasteiger charge is -2.40. The molecule has 1 saturated carbocycles. The van der Waals surface area contributed by atoms with Crippen LogP contribution in [0.25, 0.3) is 10.9 Å². The number of hydrogen-bond donors (Lipinski definition) is 4. The third-order valence-corrected chi connectivity index (χ3v) is 5.77. The fourth-order valence-electron chi connectivity index (χ4n) is 3.90. The number of hydrogen-bond acceptors (Lipinski definition) is 6. The van der Waals surface area contributed by atoms with Crippen LogP contribution in [0.5, 0.6) is 0 Å². The first kappa shape index (κ1) is 20.0. The van der Waals surface area contributed by atoms with Crippen LogP contribution in [0.3, 0.4) is 0 Å². The summed E-state index contributed by atoms with van der Waals surface area (Å²) in [6.07, 6.45) is 4.49. The van der Waals surface area contributed by atoms with Crippen LogP contribution in [-0.4, -0.2) is 28.0 Å². The van der Waals surface area contributed by atoms with Crippen LogP contribution in [0.2, 0.25) is 0 Å². The third-order valence-electron chi connectivity index (χ3n) is 5.77. The second-order valence-electron chi connectivity index (χ2n) is 7.68. The number of halogens is 1. The van der Waals surface area contributed by atoms with E-state index in [4.69, 9.17) is 11.5 Å². The highest BCUT2D eigenvalue weighted by molar-refractivity contribution is 5.99. The molecular formula is C22H25FN6O. The smallest absolute Gasteiger partial charge is 0.252 e. The van der Waals surface area contributed by atoms with Gasteiger partial charge in [0, 0.05) is 29.4 Å². The first-order valence-corrected chi connectivity index (χ1v) is 10.1. The maximum Gasteiger partial charge on any atom is 0.252 e. The number of primary amides is 1. The molecular weight excluding hydrogens is 383 g/mol. The van der Waals surface area contributed by atoms with E-state index in [0.717, 1.165) is 36.2 Å². The molecule has 1 aliphatic carbocycles. The molecule has 0 saturated heterocycles. The molecule has 4 rings (SSSR count). The summed E-state index contributed by atoms with van der Waals surface area (Å²) in [6, 6.07) is 10.6. The molecule has 0 bridgehead atoms. The van der Waals surface area contributed by atoms with Crippen LogP contribution < -0.4 is 22.1 Å². The number of carbonyl (C=O) groups is 1. The van der Waals surface area contributed by atoms with Crippen molar-refractivity contribution in [1.29, 1.82) is 0 Å². The molecule has 1 aliphatic rings. The van der Waals surface area contributed by atoms with E-state index in [0.29, 0.717) is 5.69 Å². The maximum absolute atomic E-state index is 14.7. The van der Waals surface area contributed by atoms with E-state index in [2.05, 4.69) is 20.6 Å². The van der Waals surface area contributed by atoms with Gasteiger partial charge in [0.05, 0.1) is 11.1 Å². The lowest BCUT2D eigenvalue weighted by molar-refractivity contribution is 0.100. The first-order chi connectivity index (χ1) is 14.5. The minimum atomic E-state index is -0.758. The van der Waals surface area contributed by atoms with Crippen molar-refractivity contribution in [2.24, 2.45) is 17.4 Å². The lowest BCUT2D eigenvalue weighted by Crippen LogP contribution is -2.48. The number of aromatic nitrogens is 2. The third kappa shape index (κ3) is 3.91. The number of nitrogens with one attached hydrogen (secondary N) is 2. The van der Waals surface area contributed by atoms with Crippen LogP contribution in [0.15, 0.2) is 42.6 Å². The van der Waals surface area contributed by atoms with Crippen LogP contribution in [0, 0.1) is 11.7 Å². The first-order valence-electron chi connectivity index (χ1n) is 10.1. The molecule has 30 heavy (non-hydrogen) atoms. The van der Waals surface area contributed by atoms with Crippen LogP contribution >= 0.6 is 0 Å². The normalized spacial score (nSPS) is 19.2. The Balaban J connectivity index is 1.66. The molecule has 0 aliphatic heterocycles. The average molecular weight is 408 g/mol. The molecule has 2 aromatic heterocycles. The number of benzene rings is 1. The molecule has 7 nitrogen and oxygen atoms in total. The number of amides is 1. The Labute approximate surface area is 174 Å². The number of carbonyl (C=O) groups excluding carboxylic acids is 1. The molecule has 156 valence electrons. The fourth-order valence-corrected chi connectivity index (χ4v) is 3.90. The summed E-state index contributed by atoms with van der Waals surface area (Å²) >= 11 is 0. The van der Waals surface area contributed by atoms with E-state index in [1.54, 1.807) is 6.20 Å². The predicted octanol–water partition coefficient (Wildman–Crippen LogP) is 3.54. The summed E-state index contributed by atoms with van der Waals surface area (Å²) in [5.41, 5.74) is 13.1. The van der Waals surface area contributed by atoms with Crippen molar-refractivity contribution >= 4 is 34.1 Å². The van der Waals surface area contributed by atoms with Gasteiger partial charge in [-0.2, -0.15) is 0 Å². The van der Waals surface area contributed by atoms with E-state index in [1.165, 1.54) is 0 Å². The summed E-state index contributed by atoms with van der Waals surface area (Å²) in [6.45, 7) is 2.03. The molecule has 8 heteroatoms. The van der Waals surface area contributed by atoms with Crippen molar-refractivity contribution < 1.29 is 9.18 Å². The van der Waals surface area contributed by atoms with Gasteiger partial charge in [-0.05, 0) is 55.5 Å². The second kappa shape index (κ2) is 8.23. The van der Waals surface area contributed by atoms with E-state index < -0.39 is 11.7 Å². The molecule has 0 spiro atoms. The van der Waals surface area contributed by atoms with Gasteiger partial charge >= 0.3 is 0 Å². The molecule has 3 aromatic rings. The molecule has 2 heterocycles. The number of anilines is 3. The summed E-state index contributed by atoms with van der Waals surface area (Å²) < 4.78 is 14.7. The van der Waals surface area contributed by atoms with Gasteiger partial charge in [0.2, 0.25) is 0 Å². The van der Waals surface area contributed by atoms with Gasteiger partial charge in [0.25, 0.3) is 5.91 Å². The van der Waals surface area contributed by atoms with Gasteiger partial charge in [-0.3, -0.25) is 9.78 Å². The highest BCUT2D eigenvalue weighted by Gasteiger charge is 2.34. The average Bonchev–Trinajstić information content (AvgIpc) is 2.73. The number of pyridine rings is 2. The van der Waals surface area contributed by atoms with Crippen LogP contribution in [0.1, 0.15) is 36.5 Å². The van der Waals surface area contributed by atoms with Crippen molar-refractivity contribution in [3.8, 4) is 0 Å². The maximum atomic E-state index is 14.7. The van der Waals surface area contributed by atoms with Gasteiger partial charge in [-0.15, -0.1) is 0 Å². The van der Waals surface area contributed by atoms with Gasteiger partial charge < -0.3 is 22.1 Å². The van der Waals surface area contributed by atoms with Crippen molar-refractivity contribution in [3.05, 3.63) is 54.0 Å². The topological polar surface area (TPSA) is 119 Å². The SMILES string of the molecule is CC[C@@H](Nc1nc(Nc2ccc3ncccc3c2)c(C(N)=O)cc1F)C1CCC1N. The van der Waals surface area contributed by atoms with E-state index in [1.807, 2.05) is 37.3 Å². The largest absolute Gasteiger partial charge is 0.365 e. The minimum Gasteiger partial charge on any atom is -0.365 e. The molecule has 1 aromatic carbocycles. The summed E-state index contributed by atoms with van der Waals surface area (Å²) in [5.74, 6) is -0.830. The highest BCUT2D eigenvalue weighted by atomic mass is 19.1. The zero-order chi connectivity index (χ0) is 21.3. The zero-order valence-electron chi connectivity index (χ0n) is 16.7. The quantitative estimate of drug-likeness (QED) is 0.475. The fraction of sp³-hybridized carbons (Fsp3) is 0.318. The molecule has 2 unspecified atom stereocenters. The van der Waals surface area contributed by atoms with E-state index >= 15 is 0 Å². The van der Waals surface area contributed by atoms with Crippen molar-refractivity contribution in [2.45, 2.75) is 38.3 Å². The monoisotopic (exact) mass is 408 g/mol. The van der Waals surface area contributed by atoms with Gasteiger partial charge in [0.15, 0.2) is 11.6 Å². The number of rotatable bonds is 7. The summed E-state index contributed by atoms with van der Waals surface area (Å²) in [4.78, 5) is 20.6. The van der Waals surface area contributed by atoms with Crippen molar-refractivity contribution in [3.63, 3.8) is 0 Å². The minimum absolute atomic E-state index is 0.00905. The molecule has 1 amide bonds. The Morgan fingerprint density at radius 1 is 1.27 bits per heavy atom. The van der Waals surface area contributed by atoms with Gasteiger partial charge in [-0.25, -0.2) is 9.37 Å². The van der Waals surface area contributed by atoms with Crippen molar-refractivity contribution in [1.82, 2.24) is 9.97 Å². The van der Waals surface area contributed by atoms with Crippen molar-refractivity contribution in [2.75, 3.05) is 10.6 Å². The Hall–Kier alpha value is -3.26. The molecule has 0 radical (unpaired) electrons. The number of nitrogens with zero attached hydrogens (tertiary/aromatic N) is 2. The van der Waals surface area contributed by atoms with Gasteiger partial charge in [-0.1, -0.05) is 13.0 Å². The van der Waals surface area contributed by atoms with Crippen LogP contribution in [0.4, 0.5) is 21.7 Å². The van der Waals surface area contributed by atoms with Crippen LogP contribution in [-0.2, 0) is 0 Å². The lowest BCUT2D eigenvalue weighted by atomic mass is 9.74. The molecule has 6 N–H and O–H groups in total. The van der Waals surface area contributed by atoms with Gasteiger partial charge in [0.1, 0.15) is 5.82 Å².